The van der Waals surface area contributed by atoms with Gasteiger partial charge in [0.25, 0.3) is 0 Å². The average Bonchev–Trinajstić information content (AvgIpc) is 2.23. The second-order valence-corrected chi connectivity index (χ2v) is 5.28. The first-order valence-corrected chi connectivity index (χ1v) is 8.35. The molecule has 0 spiro atoms. The van der Waals surface area contributed by atoms with E-state index in [2.05, 4.69) is 71.2 Å². The minimum atomic E-state index is 1.18. The van der Waals surface area contributed by atoms with Crippen molar-refractivity contribution in [3.63, 3.8) is 0 Å². The average molecular weight is 418 g/mol. The van der Waals surface area contributed by atoms with E-state index in [9.17, 15) is 0 Å². The largest absolute Gasteiger partial charge is 0.0860 e. The highest BCUT2D eigenvalue weighted by molar-refractivity contribution is 14.1. The zero-order valence-corrected chi connectivity index (χ0v) is 13.5. The first kappa shape index (κ1) is 14.9. The lowest BCUT2D eigenvalue weighted by molar-refractivity contribution is 0.991. The third-order valence-electron chi connectivity index (χ3n) is 2.17. The number of alkyl halides is 2. The van der Waals surface area contributed by atoms with Gasteiger partial charge in [0.1, 0.15) is 0 Å². The Morgan fingerprint density at radius 2 is 1.21 bits per heavy atom. The number of hydrogen-bond acceptors (Lipinski definition) is 0. The molecule has 0 saturated heterocycles. The van der Waals surface area contributed by atoms with Crippen LogP contribution in [0.25, 0.3) is 0 Å². The topological polar surface area (TPSA) is 0 Å². The molecule has 0 fully saturated rings. The fourth-order valence-corrected chi connectivity index (χ4v) is 2.09. The van der Waals surface area contributed by atoms with Crippen molar-refractivity contribution in [2.75, 3.05) is 8.86 Å². The van der Waals surface area contributed by atoms with Crippen molar-refractivity contribution >= 4 is 45.2 Å². The molecule has 82 valence electrons. The molecule has 0 rings (SSSR count). The monoisotopic (exact) mass is 418 g/mol. The van der Waals surface area contributed by atoms with E-state index < -0.39 is 0 Å². The lowest BCUT2D eigenvalue weighted by Crippen LogP contribution is -1.89. The van der Waals surface area contributed by atoms with Crippen LogP contribution < -0.4 is 0 Å². The summed E-state index contributed by atoms with van der Waals surface area (Å²) in [6, 6.07) is 0. The van der Waals surface area contributed by atoms with Crippen LogP contribution in [0, 0.1) is 0 Å². The summed E-state index contributed by atoms with van der Waals surface area (Å²) in [4.78, 5) is 0. The fraction of sp³-hybridized carbons (Fsp3) is 0.667. The van der Waals surface area contributed by atoms with Gasteiger partial charge in [-0.3, -0.25) is 0 Å². The third-order valence-corrected chi connectivity index (χ3v) is 3.42. The molecule has 0 amide bonds. The lowest BCUT2D eigenvalue weighted by Gasteiger charge is -2.08. The van der Waals surface area contributed by atoms with E-state index in [1.54, 1.807) is 11.1 Å². The summed E-state index contributed by atoms with van der Waals surface area (Å²) in [6.45, 7) is 4.51. The highest BCUT2D eigenvalue weighted by Gasteiger charge is 1.99. The van der Waals surface area contributed by atoms with Gasteiger partial charge < -0.3 is 0 Å². The SMILES string of the molecule is CCC(=C\CCI)/C(=C/CCI)CC. The Morgan fingerprint density at radius 3 is 1.43 bits per heavy atom. The van der Waals surface area contributed by atoms with Gasteiger partial charge >= 0.3 is 0 Å². The quantitative estimate of drug-likeness (QED) is 0.299. The molecule has 0 saturated carbocycles. The molecule has 0 atom stereocenters. The van der Waals surface area contributed by atoms with Crippen LogP contribution in [0.4, 0.5) is 0 Å². The van der Waals surface area contributed by atoms with Crippen LogP contribution in [0.1, 0.15) is 39.5 Å². The van der Waals surface area contributed by atoms with E-state index in [0.717, 1.165) is 0 Å². The van der Waals surface area contributed by atoms with E-state index in [1.165, 1.54) is 34.5 Å². The molecule has 0 aromatic carbocycles. The van der Waals surface area contributed by atoms with E-state index in [-0.39, 0.29) is 0 Å². The Kier molecular flexibility index (Phi) is 11.2. The van der Waals surface area contributed by atoms with Gasteiger partial charge in [-0.25, -0.2) is 0 Å². The predicted octanol–water partition coefficient (Wildman–Crippen LogP) is 5.31. The molecule has 0 aliphatic carbocycles. The van der Waals surface area contributed by atoms with Crippen molar-refractivity contribution in [1.82, 2.24) is 0 Å². The van der Waals surface area contributed by atoms with Crippen LogP contribution in [0.3, 0.4) is 0 Å². The maximum absolute atomic E-state index is 2.44. The van der Waals surface area contributed by atoms with Gasteiger partial charge in [0.2, 0.25) is 0 Å². The van der Waals surface area contributed by atoms with Crippen LogP contribution in [-0.4, -0.2) is 8.86 Å². The molecule has 0 aromatic rings. The molecule has 14 heavy (non-hydrogen) atoms. The van der Waals surface area contributed by atoms with Crippen molar-refractivity contribution in [2.24, 2.45) is 0 Å². The minimum Gasteiger partial charge on any atom is -0.0860 e. The van der Waals surface area contributed by atoms with Crippen molar-refractivity contribution in [3.05, 3.63) is 23.3 Å². The van der Waals surface area contributed by atoms with E-state index in [1.807, 2.05) is 0 Å². The molecule has 2 heteroatoms. The highest BCUT2D eigenvalue weighted by Crippen LogP contribution is 2.19. The summed E-state index contributed by atoms with van der Waals surface area (Å²) >= 11 is 4.87. The van der Waals surface area contributed by atoms with E-state index in [0.29, 0.717) is 0 Å². The summed E-state index contributed by atoms with van der Waals surface area (Å²) < 4.78 is 2.45. The lowest BCUT2D eigenvalue weighted by atomic mass is 9.99. The number of rotatable bonds is 7. The minimum absolute atomic E-state index is 1.18. The van der Waals surface area contributed by atoms with Gasteiger partial charge in [-0.15, -0.1) is 0 Å². The molecule has 0 heterocycles. The van der Waals surface area contributed by atoms with Crippen molar-refractivity contribution in [1.29, 1.82) is 0 Å². The number of allylic oxidation sites excluding steroid dienone is 4. The van der Waals surface area contributed by atoms with E-state index in [4.69, 9.17) is 0 Å². The van der Waals surface area contributed by atoms with Crippen molar-refractivity contribution in [3.8, 4) is 0 Å². The Bertz CT molecular complexity index is 170. The van der Waals surface area contributed by atoms with Crippen LogP contribution in [0.5, 0.6) is 0 Å². The van der Waals surface area contributed by atoms with Gasteiger partial charge in [-0.1, -0.05) is 71.2 Å². The molecule has 0 radical (unpaired) electrons. The standard InChI is InChI=1S/C12H20I2/c1-3-11(7-5-9-13)12(4-2)8-6-10-14/h7-8H,3-6,9-10H2,1-2H3/b11-7+,12-8+. The highest BCUT2D eigenvalue weighted by atomic mass is 127. The van der Waals surface area contributed by atoms with Crippen LogP contribution in [0.15, 0.2) is 23.3 Å². The normalized spacial score (nSPS) is 13.4. The molecule has 0 nitrogen and oxygen atoms in total. The molecule has 0 N–H and O–H groups in total. The van der Waals surface area contributed by atoms with E-state index >= 15 is 0 Å². The smallest absolute Gasteiger partial charge is 0.00301 e. The van der Waals surface area contributed by atoms with Crippen LogP contribution in [-0.2, 0) is 0 Å². The predicted molar refractivity (Wildman–Crippen MR) is 83.8 cm³/mol. The van der Waals surface area contributed by atoms with Crippen LogP contribution in [0.2, 0.25) is 0 Å². The second-order valence-electron chi connectivity index (χ2n) is 3.12. The fourth-order valence-electron chi connectivity index (χ4n) is 1.46. The van der Waals surface area contributed by atoms with Gasteiger partial charge in [0.05, 0.1) is 0 Å². The second kappa shape index (κ2) is 10.5. The summed E-state index contributed by atoms with van der Waals surface area (Å²) in [5.74, 6) is 0. The zero-order chi connectivity index (χ0) is 10.8. The van der Waals surface area contributed by atoms with Gasteiger partial charge in [0, 0.05) is 8.86 Å². The molecular weight excluding hydrogens is 398 g/mol. The maximum Gasteiger partial charge on any atom is 0.00301 e. The van der Waals surface area contributed by atoms with Gasteiger partial charge in [-0.2, -0.15) is 0 Å². The van der Waals surface area contributed by atoms with Crippen LogP contribution >= 0.6 is 45.2 Å². The van der Waals surface area contributed by atoms with Gasteiger partial charge in [0.15, 0.2) is 0 Å². The number of hydrogen-bond donors (Lipinski definition) is 0. The first-order valence-electron chi connectivity index (χ1n) is 5.30. The zero-order valence-electron chi connectivity index (χ0n) is 9.15. The maximum atomic E-state index is 2.44. The molecule has 0 aliphatic rings. The Balaban J connectivity index is 4.43. The summed E-state index contributed by atoms with van der Waals surface area (Å²) in [6.07, 6.45) is 9.61. The summed E-state index contributed by atoms with van der Waals surface area (Å²) in [5.41, 5.74) is 3.13. The summed E-state index contributed by atoms with van der Waals surface area (Å²) in [5, 5.41) is 0. The Morgan fingerprint density at radius 1 is 0.857 bits per heavy atom. The summed E-state index contributed by atoms with van der Waals surface area (Å²) in [7, 11) is 0. The van der Waals surface area contributed by atoms with Crippen molar-refractivity contribution < 1.29 is 0 Å². The molecule has 0 aliphatic heterocycles. The number of halogens is 2. The molecule has 0 bridgehead atoms. The van der Waals surface area contributed by atoms with Gasteiger partial charge in [-0.05, 0) is 36.8 Å². The Labute approximate surface area is 116 Å². The molecule has 0 unspecified atom stereocenters. The molecule has 0 aromatic heterocycles. The third kappa shape index (κ3) is 6.43. The first-order chi connectivity index (χ1) is 6.79. The Hall–Kier alpha value is 0.940. The molecular formula is C12H20I2. The van der Waals surface area contributed by atoms with Crippen molar-refractivity contribution in [2.45, 2.75) is 39.5 Å².